The van der Waals surface area contributed by atoms with Crippen LogP contribution in [-0.2, 0) is 64.7 Å². The highest BCUT2D eigenvalue weighted by atomic mass is 32.2. The first kappa shape index (κ1) is 69.3. The molecule has 8 atom stereocenters. The van der Waals surface area contributed by atoms with Crippen LogP contribution in [0.4, 0.5) is 0 Å². The van der Waals surface area contributed by atoms with Gasteiger partial charge in [0.25, 0.3) is 0 Å². The van der Waals surface area contributed by atoms with Crippen LogP contribution >= 0.6 is 43.1 Å². The maximum absolute atomic E-state index is 13.3. The third-order valence-corrected chi connectivity index (χ3v) is 15.2. The molecule has 72 heavy (non-hydrogen) atoms. The van der Waals surface area contributed by atoms with Crippen molar-refractivity contribution in [3.8, 4) is 0 Å². The molecule has 28 heteroatoms. The van der Waals surface area contributed by atoms with E-state index >= 15 is 0 Å². The average Bonchev–Trinajstić information content (AvgIpc) is 3.27. The fourth-order valence-electron chi connectivity index (χ4n) is 8.01. The van der Waals surface area contributed by atoms with Crippen molar-refractivity contribution in [1.29, 1.82) is 0 Å². The number of rotatable bonds is 45. The Labute approximate surface area is 429 Å². The molecule has 0 aromatic rings. The van der Waals surface area contributed by atoms with E-state index in [9.17, 15) is 77.1 Å². The minimum atomic E-state index is -5.80. The number of aliphatic hydroxyl groups is 2. The number of carbonyl (C=O) groups is 3. The Kier molecular flexibility index (Phi) is 37.4. The van der Waals surface area contributed by atoms with Gasteiger partial charge >= 0.3 is 43.2 Å². The van der Waals surface area contributed by atoms with Gasteiger partial charge in [-0.1, -0.05) is 167 Å². The first-order valence-electron chi connectivity index (χ1n) is 25.6. The smallest absolute Gasteiger partial charge is 0.466 e. The molecule has 0 aliphatic heterocycles. The number of phosphoric ester groups is 4. The highest BCUT2D eigenvalue weighted by molar-refractivity contribution is 8.13. The third-order valence-electron chi connectivity index (χ3n) is 11.6. The summed E-state index contributed by atoms with van der Waals surface area (Å²) in [7, 11) is -23.1. The standard InChI is InChI=1S/C44H86O23P4S/c1-3-5-6-7-8-9-10-11-14-17-20-23-26-30-36(45)63-35(33-37(46)61-31-27-24-21-18-15-12-13-16-19-22-25-28-32-72-38(47)29-4-2)34-62-71(59,60)67-41-39(48)42(64-68(50,51)52)44(66-70(56,57)58)43(40(41)49)65-69(53,54)55/h35,39-44,48-49H,3-34H2,1-2H3,(H,59,60)(H2,50,51,52)(H2,53,54,55)(H2,56,57,58)/t35-,39-,40?,41?,42-,43+,44?/m1/s1. The van der Waals surface area contributed by atoms with E-state index < -0.39 is 99.0 Å². The van der Waals surface area contributed by atoms with Gasteiger partial charge in [-0.3, -0.25) is 37.0 Å². The van der Waals surface area contributed by atoms with Crippen LogP contribution in [0.25, 0.3) is 0 Å². The van der Waals surface area contributed by atoms with E-state index in [0.717, 1.165) is 89.2 Å². The van der Waals surface area contributed by atoms with Gasteiger partial charge in [-0.05, 0) is 25.7 Å². The number of thioether (sulfide) groups is 1. The summed E-state index contributed by atoms with van der Waals surface area (Å²) in [6.45, 7) is 3.19. The molecule has 0 amide bonds. The first-order chi connectivity index (χ1) is 33.9. The molecule has 4 unspecified atom stereocenters. The Morgan fingerprint density at radius 1 is 0.472 bits per heavy atom. The second kappa shape index (κ2) is 38.8. The van der Waals surface area contributed by atoms with E-state index in [-0.39, 0.29) is 18.1 Å². The highest BCUT2D eigenvalue weighted by Gasteiger charge is 2.59. The van der Waals surface area contributed by atoms with Crippen molar-refractivity contribution in [3.63, 3.8) is 0 Å². The SMILES string of the molecule is CCCCCCCCCCCCCCCC(=O)O[C@@H](COP(=O)(O)OC1C(O)[C@H](OP(=O)(O)O)C(OP(=O)(O)O)[C@H](OP(=O)(O)O)[C@@H]1O)CC(=O)OCCCCCCCCCCCCCCSC(=O)CCC. The molecule has 0 saturated heterocycles. The number of hydrogen-bond donors (Lipinski definition) is 9. The maximum atomic E-state index is 13.3. The molecule has 0 spiro atoms. The molecular formula is C44H86O23P4S. The van der Waals surface area contributed by atoms with E-state index in [1.54, 1.807) is 0 Å². The molecule has 0 aromatic carbocycles. The quantitative estimate of drug-likeness (QED) is 0.0156. The number of hydrogen-bond acceptors (Lipinski definition) is 17. The Bertz CT molecular complexity index is 1640. The molecule has 1 aliphatic rings. The van der Waals surface area contributed by atoms with Crippen molar-refractivity contribution in [2.45, 2.75) is 243 Å². The number of aliphatic hydroxyl groups excluding tert-OH is 2. The summed E-state index contributed by atoms with van der Waals surface area (Å²) in [5.41, 5.74) is 0. The lowest BCUT2D eigenvalue weighted by Gasteiger charge is -2.45. The largest absolute Gasteiger partial charge is 0.472 e. The van der Waals surface area contributed by atoms with E-state index in [1.165, 1.54) is 76.0 Å². The van der Waals surface area contributed by atoms with Gasteiger partial charge in [-0.25, -0.2) is 18.3 Å². The van der Waals surface area contributed by atoms with Gasteiger partial charge < -0.3 is 53.9 Å². The van der Waals surface area contributed by atoms with Crippen LogP contribution in [0.3, 0.4) is 0 Å². The lowest BCUT2D eigenvalue weighted by atomic mass is 9.85. The van der Waals surface area contributed by atoms with Crippen molar-refractivity contribution >= 4 is 60.1 Å². The zero-order valence-electron chi connectivity index (χ0n) is 42.1. The number of unbranched alkanes of at least 4 members (excludes halogenated alkanes) is 23. The van der Waals surface area contributed by atoms with Crippen molar-refractivity contribution in [1.82, 2.24) is 0 Å². The minimum absolute atomic E-state index is 0.0338. The molecule has 0 aromatic heterocycles. The number of carbonyl (C=O) groups excluding carboxylic acids is 3. The second-order valence-electron chi connectivity index (χ2n) is 18.2. The number of esters is 2. The Balaban J connectivity index is 2.82. The highest BCUT2D eigenvalue weighted by Crippen LogP contribution is 2.53. The van der Waals surface area contributed by atoms with Gasteiger partial charge in [0.1, 0.15) is 42.7 Å². The summed E-state index contributed by atoms with van der Waals surface area (Å²) >= 11 is 1.44. The lowest BCUT2D eigenvalue weighted by molar-refractivity contribution is -0.209. The second-order valence-corrected chi connectivity index (χ2v) is 24.4. The predicted molar refractivity (Wildman–Crippen MR) is 267 cm³/mol. The van der Waals surface area contributed by atoms with Crippen LogP contribution in [0.5, 0.6) is 0 Å². The minimum Gasteiger partial charge on any atom is -0.466 e. The van der Waals surface area contributed by atoms with E-state index in [1.807, 2.05) is 6.92 Å². The molecular weight excluding hydrogens is 1050 g/mol. The Morgan fingerprint density at radius 2 is 0.875 bits per heavy atom. The lowest BCUT2D eigenvalue weighted by Crippen LogP contribution is -2.65. The summed E-state index contributed by atoms with van der Waals surface area (Å²) in [4.78, 5) is 105. The van der Waals surface area contributed by atoms with Crippen molar-refractivity contribution < 1.29 is 109 Å². The fraction of sp³-hybridized carbons (Fsp3) is 0.932. The zero-order chi connectivity index (χ0) is 54.1. The zero-order valence-corrected chi connectivity index (χ0v) is 46.5. The molecule has 1 rings (SSSR count). The number of ether oxygens (including phenoxy) is 2. The van der Waals surface area contributed by atoms with Gasteiger partial charge in [-0.15, -0.1) is 0 Å². The monoisotopic (exact) mass is 1140 g/mol. The molecule has 0 heterocycles. The molecule has 9 N–H and O–H groups in total. The van der Waals surface area contributed by atoms with Gasteiger partial charge in [-0.2, -0.15) is 0 Å². The summed E-state index contributed by atoms with van der Waals surface area (Å²) in [6, 6.07) is 0. The van der Waals surface area contributed by atoms with Crippen LogP contribution in [0.15, 0.2) is 0 Å². The Hall–Kier alpha value is -0.680. The molecule has 23 nitrogen and oxygen atoms in total. The van der Waals surface area contributed by atoms with E-state index in [4.69, 9.17) is 18.5 Å². The van der Waals surface area contributed by atoms with Crippen LogP contribution in [0, 0.1) is 0 Å². The predicted octanol–water partition coefficient (Wildman–Crippen LogP) is 8.73. The molecule has 1 saturated carbocycles. The van der Waals surface area contributed by atoms with E-state index in [2.05, 4.69) is 20.5 Å². The van der Waals surface area contributed by atoms with Crippen molar-refractivity contribution in [2.24, 2.45) is 0 Å². The molecule has 1 aliphatic carbocycles. The first-order valence-corrected chi connectivity index (χ1v) is 32.7. The van der Waals surface area contributed by atoms with E-state index in [0.29, 0.717) is 25.7 Å². The topological polar surface area (TPSA) is 366 Å². The normalized spacial score (nSPS) is 21.0. The summed E-state index contributed by atoms with van der Waals surface area (Å²) in [5.74, 6) is -0.730. The summed E-state index contributed by atoms with van der Waals surface area (Å²) < 4.78 is 82.2. The molecule has 426 valence electrons. The van der Waals surface area contributed by atoms with Gasteiger partial charge in [0.2, 0.25) is 0 Å². The van der Waals surface area contributed by atoms with Crippen LogP contribution < -0.4 is 0 Å². The maximum Gasteiger partial charge on any atom is 0.472 e. The summed E-state index contributed by atoms with van der Waals surface area (Å²) in [6.07, 6.45) is 8.91. The number of phosphoric acid groups is 4. The molecule has 1 fully saturated rings. The van der Waals surface area contributed by atoms with Crippen LogP contribution in [-0.4, -0.2) is 123 Å². The fourth-order valence-corrected chi connectivity index (χ4v) is 11.6. The Morgan fingerprint density at radius 3 is 1.31 bits per heavy atom. The van der Waals surface area contributed by atoms with Gasteiger partial charge in [0, 0.05) is 18.6 Å². The van der Waals surface area contributed by atoms with Crippen LogP contribution in [0.2, 0.25) is 0 Å². The average molecular weight is 1140 g/mol. The van der Waals surface area contributed by atoms with Crippen molar-refractivity contribution in [3.05, 3.63) is 0 Å². The summed E-state index contributed by atoms with van der Waals surface area (Å²) in [5, 5.41) is 22.1. The third kappa shape index (κ3) is 36.4. The van der Waals surface area contributed by atoms with Crippen LogP contribution in [0.1, 0.15) is 200 Å². The molecule has 0 bridgehead atoms. The van der Waals surface area contributed by atoms with Gasteiger partial charge in [0.05, 0.1) is 19.6 Å². The van der Waals surface area contributed by atoms with Gasteiger partial charge in [0.15, 0.2) is 5.12 Å². The molecule has 0 radical (unpaired) electrons. The van der Waals surface area contributed by atoms with Crippen molar-refractivity contribution in [2.75, 3.05) is 19.0 Å².